The molecule has 138 valence electrons. The zero-order chi connectivity index (χ0) is 17.9. The summed E-state index contributed by atoms with van der Waals surface area (Å²) in [7, 11) is -3.68. The highest BCUT2D eigenvalue weighted by atomic mass is 32.2. The van der Waals surface area contributed by atoms with E-state index in [9.17, 15) is 18.5 Å². The van der Waals surface area contributed by atoms with E-state index in [1.54, 1.807) is 0 Å². The van der Waals surface area contributed by atoms with Crippen LogP contribution >= 0.6 is 0 Å². The van der Waals surface area contributed by atoms with Crippen molar-refractivity contribution in [1.29, 1.82) is 0 Å². The fraction of sp³-hybridized carbons (Fsp3) is 0.625. The van der Waals surface area contributed by atoms with Crippen molar-refractivity contribution in [2.45, 2.75) is 17.7 Å². The molecule has 0 amide bonds. The lowest BCUT2D eigenvalue weighted by molar-refractivity contribution is -0.385. The molecule has 1 unspecified atom stereocenters. The number of sulfonamides is 1. The third kappa shape index (κ3) is 4.35. The molecule has 8 nitrogen and oxygen atoms in total. The molecular weight excluding hydrogens is 344 g/mol. The van der Waals surface area contributed by atoms with Crippen LogP contribution in [0.3, 0.4) is 0 Å². The van der Waals surface area contributed by atoms with Crippen molar-refractivity contribution in [3.05, 3.63) is 34.4 Å². The quantitative estimate of drug-likeness (QED) is 0.613. The van der Waals surface area contributed by atoms with Gasteiger partial charge in [0.15, 0.2) is 0 Å². The average molecular weight is 368 g/mol. The Bertz CT molecular complexity index is 711. The average Bonchev–Trinajstić information content (AvgIpc) is 2.63. The molecule has 2 saturated heterocycles. The summed E-state index contributed by atoms with van der Waals surface area (Å²) in [6, 6.07) is 5.27. The molecule has 2 fully saturated rings. The van der Waals surface area contributed by atoms with Crippen LogP contribution in [0, 0.1) is 16.0 Å². The highest BCUT2D eigenvalue weighted by molar-refractivity contribution is 7.89. The van der Waals surface area contributed by atoms with Crippen LogP contribution in [0.2, 0.25) is 0 Å². The zero-order valence-electron chi connectivity index (χ0n) is 14.1. The maximum absolute atomic E-state index is 12.7. The van der Waals surface area contributed by atoms with Gasteiger partial charge in [-0.05, 0) is 37.9 Å². The van der Waals surface area contributed by atoms with E-state index >= 15 is 0 Å². The van der Waals surface area contributed by atoms with Gasteiger partial charge in [-0.25, -0.2) is 8.42 Å². The van der Waals surface area contributed by atoms with Gasteiger partial charge in [0.1, 0.15) is 0 Å². The Morgan fingerprint density at radius 2 is 2.00 bits per heavy atom. The van der Waals surface area contributed by atoms with Crippen LogP contribution in [0.15, 0.2) is 29.2 Å². The first-order chi connectivity index (χ1) is 12.0. The molecule has 2 aliphatic heterocycles. The molecule has 1 atom stereocenters. The number of benzene rings is 1. The summed E-state index contributed by atoms with van der Waals surface area (Å²) in [6.07, 6.45) is 2.42. The van der Waals surface area contributed by atoms with Crippen LogP contribution in [-0.2, 0) is 10.0 Å². The molecule has 0 radical (unpaired) electrons. The summed E-state index contributed by atoms with van der Waals surface area (Å²) in [6.45, 7) is 5.36. The second-order valence-corrected chi connectivity index (χ2v) is 8.61. The molecule has 3 rings (SSSR count). The highest BCUT2D eigenvalue weighted by Gasteiger charge is 2.30. The first-order valence-electron chi connectivity index (χ1n) is 8.64. The third-order valence-corrected chi connectivity index (χ3v) is 6.81. The molecule has 2 aliphatic rings. The summed E-state index contributed by atoms with van der Waals surface area (Å²) in [5.41, 5.74) is -0.204. The van der Waals surface area contributed by atoms with Crippen LogP contribution in [0.4, 0.5) is 5.69 Å². The highest BCUT2D eigenvalue weighted by Crippen LogP contribution is 2.22. The maximum Gasteiger partial charge on any atom is 0.270 e. The van der Waals surface area contributed by atoms with Crippen LogP contribution in [0.1, 0.15) is 12.8 Å². The minimum Gasteiger partial charge on any atom is -0.316 e. The lowest BCUT2D eigenvalue weighted by atomic mass is 9.99. The molecule has 0 aliphatic carbocycles. The molecule has 0 bridgehead atoms. The smallest absolute Gasteiger partial charge is 0.270 e. The van der Waals surface area contributed by atoms with E-state index in [2.05, 4.69) is 10.2 Å². The minimum atomic E-state index is -3.68. The standard InChI is InChI=1S/C16H24N4O4S/c21-20(22)15-4-1-5-16(11-15)25(23,24)19-9-7-18(8-10-19)13-14-3-2-6-17-12-14/h1,4-5,11,14,17H,2-3,6-10,12-13H2. The van der Waals surface area contributed by atoms with Crippen molar-refractivity contribution in [2.24, 2.45) is 5.92 Å². The summed E-state index contributed by atoms with van der Waals surface area (Å²) in [5, 5.41) is 14.3. The molecule has 1 aromatic rings. The number of hydrogen-bond donors (Lipinski definition) is 1. The van der Waals surface area contributed by atoms with Gasteiger partial charge in [0.05, 0.1) is 9.82 Å². The number of nitrogens with one attached hydrogen (secondary N) is 1. The molecule has 2 heterocycles. The summed E-state index contributed by atoms with van der Waals surface area (Å²) in [5.74, 6) is 0.633. The normalized spacial score (nSPS) is 23.4. The third-order valence-electron chi connectivity index (χ3n) is 4.91. The maximum atomic E-state index is 12.7. The number of nitrogens with zero attached hydrogens (tertiary/aromatic N) is 3. The van der Waals surface area contributed by atoms with Crippen LogP contribution in [0.25, 0.3) is 0 Å². The monoisotopic (exact) mass is 368 g/mol. The van der Waals surface area contributed by atoms with Crippen molar-refractivity contribution in [3.8, 4) is 0 Å². The first-order valence-corrected chi connectivity index (χ1v) is 10.1. The van der Waals surface area contributed by atoms with E-state index < -0.39 is 14.9 Å². The summed E-state index contributed by atoms with van der Waals surface area (Å²) >= 11 is 0. The van der Waals surface area contributed by atoms with Gasteiger partial charge in [0.2, 0.25) is 10.0 Å². The van der Waals surface area contributed by atoms with Gasteiger partial charge in [0.25, 0.3) is 5.69 Å². The molecule has 0 spiro atoms. The Labute approximate surface area is 148 Å². The lowest BCUT2D eigenvalue weighted by Crippen LogP contribution is -2.50. The van der Waals surface area contributed by atoms with Gasteiger partial charge < -0.3 is 10.2 Å². The van der Waals surface area contributed by atoms with E-state index in [-0.39, 0.29) is 10.6 Å². The number of piperazine rings is 1. The second-order valence-electron chi connectivity index (χ2n) is 6.67. The predicted molar refractivity (Wildman–Crippen MR) is 93.9 cm³/mol. The van der Waals surface area contributed by atoms with Crippen molar-refractivity contribution in [3.63, 3.8) is 0 Å². The van der Waals surface area contributed by atoms with Crippen LogP contribution < -0.4 is 5.32 Å². The van der Waals surface area contributed by atoms with Crippen molar-refractivity contribution >= 4 is 15.7 Å². The molecule has 25 heavy (non-hydrogen) atoms. The van der Waals surface area contributed by atoms with Gasteiger partial charge >= 0.3 is 0 Å². The second kappa shape index (κ2) is 7.77. The zero-order valence-corrected chi connectivity index (χ0v) is 15.0. The number of nitro benzene ring substituents is 1. The topological polar surface area (TPSA) is 95.8 Å². The number of piperidine rings is 1. The molecule has 0 aromatic heterocycles. The van der Waals surface area contributed by atoms with Crippen LogP contribution in [-0.4, -0.2) is 68.4 Å². The predicted octanol–water partition coefficient (Wildman–Crippen LogP) is 0.901. The Balaban J connectivity index is 1.61. The van der Waals surface area contributed by atoms with Gasteiger partial charge in [-0.15, -0.1) is 0 Å². The molecule has 1 aromatic carbocycles. The van der Waals surface area contributed by atoms with E-state index in [0.717, 1.165) is 25.7 Å². The van der Waals surface area contributed by atoms with Crippen molar-refractivity contribution < 1.29 is 13.3 Å². The Morgan fingerprint density at radius 3 is 2.64 bits per heavy atom. The number of rotatable bonds is 5. The molecule has 0 saturated carbocycles. The van der Waals surface area contributed by atoms with Crippen LogP contribution in [0.5, 0.6) is 0 Å². The SMILES string of the molecule is O=[N+]([O-])c1cccc(S(=O)(=O)N2CCN(CC3CCCNC3)CC2)c1. The fourth-order valence-electron chi connectivity index (χ4n) is 3.50. The Kier molecular flexibility index (Phi) is 5.67. The Morgan fingerprint density at radius 1 is 1.24 bits per heavy atom. The van der Waals surface area contributed by atoms with Gasteiger partial charge in [-0.3, -0.25) is 10.1 Å². The van der Waals surface area contributed by atoms with E-state index in [4.69, 9.17) is 0 Å². The minimum absolute atomic E-state index is 0.00775. The van der Waals surface area contributed by atoms with E-state index in [0.29, 0.717) is 32.1 Å². The summed E-state index contributed by atoms with van der Waals surface area (Å²) in [4.78, 5) is 12.6. The largest absolute Gasteiger partial charge is 0.316 e. The fourth-order valence-corrected chi connectivity index (χ4v) is 4.97. The molecule has 1 N–H and O–H groups in total. The molecular formula is C16H24N4O4S. The number of non-ortho nitro benzene ring substituents is 1. The number of nitro groups is 1. The van der Waals surface area contributed by atoms with Gasteiger partial charge in [-0.2, -0.15) is 4.31 Å². The molecule has 9 heteroatoms. The lowest BCUT2D eigenvalue weighted by Gasteiger charge is -2.36. The van der Waals surface area contributed by atoms with Gasteiger partial charge in [0, 0.05) is 44.9 Å². The van der Waals surface area contributed by atoms with Crippen molar-refractivity contribution in [1.82, 2.24) is 14.5 Å². The number of hydrogen-bond acceptors (Lipinski definition) is 6. The van der Waals surface area contributed by atoms with Gasteiger partial charge in [-0.1, -0.05) is 6.07 Å². The van der Waals surface area contributed by atoms with Crippen molar-refractivity contribution in [2.75, 3.05) is 45.8 Å². The Hall–Kier alpha value is -1.55. The van der Waals surface area contributed by atoms with E-state index in [1.807, 2.05) is 0 Å². The summed E-state index contributed by atoms with van der Waals surface area (Å²) < 4.78 is 26.9. The first kappa shape index (κ1) is 18.2. The van der Waals surface area contributed by atoms with E-state index in [1.165, 1.54) is 35.3 Å².